The number of hydrogen-bond acceptors (Lipinski definition) is 4. The van der Waals surface area contributed by atoms with E-state index in [1.807, 2.05) is 55.5 Å². The van der Waals surface area contributed by atoms with Crippen molar-refractivity contribution in [2.45, 2.75) is 25.3 Å². The van der Waals surface area contributed by atoms with Crippen LogP contribution in [0.15, 0.2) is 71.6 Å². The molecule has 0 saturated heterocycles. The van der Waals surface area contributed by atoms with Gasteiger partial charge in [0.05, 0.1) is 12.0 Å². The molecule has 3 aromatic rings. The van der Waals surface area contributed by atoms with Gasteiger partial charge in [0.1, 0.15) is 5.75 Å². The number of aryl methyl sites for hydroxylation is 2. The molecule has 0 aliphatic carbocycles. The van der Waals surface area contributed by atoms with Gasteiger partial charge >= 0.3 is 0 Å². The van der Waals surface area contributed by atoms with Crippen molar-refractivity contribution in [3.05, 3.63) is 83.4 Å². The molecule has 28 heavy (non-hydrogen) atoms. The van der Waals surface area contributed by atoms with Crippen LogP contribution in [0.3, 0.4) is 0 Å². The zero-order chi connectivity index (χ0) is 20.1. The summed E-state index contributed by atoms with van der Waals surface area (Å²) in [7, 11) is -1.98. The first-order valence-corrected chi connectivity index (χ1v) is 10.4. The van der Waals surface area contributed by atoms with Gasteiger partial charge in [0.15, 0.2) is 0 Å². The van der Waals surface area contributed by atoms with Crippen molar-refractivity contribution in [2.75, 3.05) is 17.1 Å². The Morgan fingerprint density at radius 3 is 2.29 bits per heavy atom. The van der Waals surface area contributed by atoms with Crippen molar-refractivity contribution in [1.82, 2.24) is 0 Å². The molecule has 0 radical (unpaired) electrons. The van der Waals surface area contributed by atoms with Gasteiger partial charge < -0.3 is 10.1 Å². The van der Waals surface area contributed by atoms with Crippen molar-refractivity contribution >= 4 is 21.4 Å². The quantitative estimate of drug-likeness (QED) is 0.606. The molecule has 2 N–H and O–H groups in total. The highest BCUT2D eigenvalue weighted by Crippen LogP contribution is 2.23. The van der Waals surface area contributed by atoms with E-state index >= 15 is 0 Å². The summed E-state index contributed by atoms with van der Waals surface area (Å²) in [4.78, 5) is 0.297. The number of anilines is 2. The molecule has 0 spiro atoms. The minimum absolute atomic E-state index is 0.297. The van der Waals surface area contributed by atoms with Crippen LogP contribution in [0.4, 0.5) is 11.4 Å². The van der Waals surface area contributed by atoms with E-state index in [1.54, 1.807) is 32.2 Å². The largest absolute Gasteiger partial charge is 0.496 e. The van der Waals surface area contributed by atoms with E-state index in [9.17, 15) is 8.42 Å². The molecule has 0 heterocycles. The van der Waals surface area contributed by atoms with E-state index in [0.717, 1.165) is 22.6 Å². The number of rotatable bonds is 7. The van der Waals surface area contributed by atoms with E-state index < -0.39 is 10.0 Å². The predicted molar refractivity (Wildman–Crippen MR) is 113 cm³/mol. The smallest absolute Gasteiger partial charge is 0.262 e. The van der Waals surface area contributed by atoms with Crippen molar-refractivity contribution in [3.8, 4) is 5.75 Å². The summed E-state index contributed by atoms with van der Waals surface area (Å²) in [5.41, 5.74) is 4.07. The summed E-state index contributed by atoms with van der Waals surface area (Å²) in [6.45, 7) is 4.27. The Morgan fingerprint density at radius 1 is 0.893 bits per heavy atom. The molecule has 5 nitrogen and oxygen atoms in total. The molecule has 0 aliphatic heterocycles. The SMILES string of the molecule is COc1ccccc1CNc1ccc(NS(=O)(=O)c2cc(C)ccc2C)cc1. The van der Waals surface area contributed by atoms with Gasteiger partial charge in [-0.2, -0.15) is 0 Å². The zero-order valence-corrected chi connectivity index (χ0v) is 17.0. The second kappa shape index (κ2) is 8.35. The number of nitrogens with one attached hydrogen (secondary N) is 2. The van der Waals surface area contributed by atoms with Crippen LogP contribution in [0, 0.1) is 13.8 Å². The van der Waals surface area contributed by atoms with Crippen molar-refractivity contribution < 1.29 is 13.2 Å². The summed E-state index contributed by atoms with van der Waals surface area (Å²) < 4.78 is 33.4. The van der Waals surface area contributed by atoms with Gasteiger partial charge in [-0.25, -0.2) is 8.42 Å². The van der Waals surface area contributed by atoms with Crippen LogP contribution in [0.2, 0.25) is 0 Å². The van der Waals surface area contributed by atoms with Crippen LogP contribution < -0.4 is 14.8 Å². The summed E-state index contributed by atoms with van der Waals surface area (Å²) in [5.74, 6) is 0.827. The molecule has 0 bridgehead atoms. The minimum Gasteiger partial charge on any atom is -0.496 e. The summed E-state index contributed by atoms with van der Waals surface area (Å²) in [6.07, 6.45) is 0. The Kier molecular flexibility index (Phi) is 5.90. The zero-order valence-electron chi connectivity index (χ0n) is 16.2. The predicted octanol–water partition coefficient (Wildman–Crippen LogP) is 4.72. The minimum atomic E-state index is -3.63. The Labute approximate surface area is 166 Å². The van der Waals surface area contributed by atoms with E-state index in [-0.39, 0.29) is 0 Å². The van der Waals surface area contributed by atoms with E-state index in [1.165, 1.54) is 0 Å². The summed E-state index contributed by atoms with van der Waals surface area (Å²) in [6, 6.07) is 20.4. The van der Waals surface area contributed by atoms with Crippen molar-refractivity contribution in [2.24, 2.45) is 0 Å². The summed E-state index contributed by atoms with van der Waals surface area (Å²) >= 11 is 0. The molecule has 0 amide bonds. The molecule has 0 aromatic heterocycles. The molecule has 0 atom stereocenters. The van der Waals surface area contributed by atoms with Gasteiger partial charge in [-0.05, 0) is 61.4 Å². The van der Waals surface area contributed by atoms with Crippen LogP contribution in [0.5, 0.6) is 5.75 Å². The van der Waals surface area contributed by atoms with Gasteiger partial charge in [0.25, 0.3) is 10.0 Å². The average Bonchev–Trinajstić information content (AvgIpc) is 2.69. The first-order chi connectivity index (χ1) is 13.4. The highest BCUT2D eigenvalue weighted by Gasteiger charge is 2.17. The lowest BCUT2D eigenvalue weighted by atomic mass is 10.2. The molecule has 0 saturated carbocycles. The molecular formula is C22H24N2O3S. The third-order valence-electron chi connectivity index (χ3n) is 4.45. The standard InChI is InChI=1S/C22H24N2O3S/c1-16-8-9-17(2)22(14-16)28(25,26)24-20-12-10-19(11-13-20)23-15-18-6-4-5-7-21(18)27-3/h4-14,23-24H,15H2,1-3H3. The lowest BCUT2D eigenvalue weighted by Crippen LogP contribution is -2.14. The average molecular weight is 397 g/mol. The number of sulfonamides is 1. The maximum absolute atomic E-state index is 12.7. The maximum Gasteiger partial charge on any atom is 0.262 e. The van der Waals surface area contributed by atoms with Gasteiger partial charge in [-0.3, -0.25) is 4.72 Å². The van der Waals surface area contributed by atoms with Gasteiger partial charge in [-0.15, -0.1) is 0 Å². The first kappa shape index (κ1) is 19.8. The van der Waals surface area contributed by atoms with Gasteiger partial charge in [0.2, 0.25) is 0 Å². The van der Waals surface area contributed by atoms with Gasteiger partial charge in [-0.1, -0.05) is 30.3 Å². The first-order valence-electron chi connectivity index (χ1n) is 8.95. The van der Waals surface area contributed by atoms with Crippen LogP contribution in [0.1, 0.15) is 16.7 Å². The highest BCUT2D eigenvalue weighted by molar-refractivity contribution is 7.92. The number of methoxy groups -OCH3 is 1. The van der Waals surface area contributed by atoms with Crippen LogP contribution in [0.25, 0.3) is 0 Å². The number of benzene rings is 3. The molecule has 6 heteroatoms. The van der Waals surface area contributed by atoms with Crippen LogP contribution in [-0.2, 0) is 16.6 Å². The Morgan fingerprint density at radius 2 is 1.57 bits per heavy atom. The highest BCUT2D eigenvalue weighted by atomic mass is 32.2. The molecule has 3 aromatic carbocycles. The number of hydrogen-bond donors (Lipinski definition) is 2. The second-order valence-electron chi connectivity index (χ2n) is 6.62. The maximum atomic E-state index is 12.7. The fraction of sp³-hybridized carbons (Fsp3) is 0.182. The lowest BCUT2D eigenvalue weighted by Gasteiger charge is -2.13. The van der Waals surface area contributed by atoms with Crippen LogP contribution >= 0.6 is 0 Å². The van der Waals surface area contributed by atoms with Gasteiger partial charge in [0, 0.05) is 23.5 Å². The number of para-hydroxylation sites is 1. The lowest BCUT2D eigenvalue weighted by molar-refractivity contribution is 0.410. The summed E-state index contributed by atoms with van der Waals surface area (Å²) in [5, 5.41) is 3.32. The Balaban J connectivity index is 1.70. The molecule has 146 valence electrons. The fourth-order valence-electron chi connectivity index (χ4n) is 2.91. The van der Waals surface area contributed by atoms with E-state index in [0.29, 0.717) is 22.7 Å². The van der Waals surface area contributed by atoms with E-state index in [4.69, 9.17) is 4.74 Å². The van der Waals surface area contributed by atoms with E-state index in [2.05, 4.69) is 10.0 Å². The molecule has 3 rings (SSSR count). The molecule has 0 aliphatic rings. The third-order valence-corrected chi connectivity index (χ3v) is 5.97. The fourth-order valence-corrected chi connectivity index (χ4v) is 4.30. The molecular weight excluding hydrogens is 372 g/mol. The molecule has 0 unspecified atom stereocenters. The van der Waals surface area contributed by atoms with Crippen molar-refractivity contribution in [1.29, 1.82) is 0 Å². The Bertz CT molecular complexity index is 1060. The van der Waals surface area contributed by atoms with Crippen molar-refractivity contribution in [3.63, 3.8) is 0 Å². The van der Waals surface area contributed by atoms with Crippen LogP contribution in [-0.4, -0.2) is 15.5 Å². The Hall–Kier alpha value is -2.99. The monoisotopic (exact) mass is 396 g/mol. The second-order valence-corrected chi connectivity index (χ2v) is 8.27. The topological polar surface area (TPSA) is 67.4 Å². The molecule has 0 fully saturated rings. The number of ether oxygens (including phenoxy) is 1. The normalized spacial score (nSPS) is 11.1. The third kappa shape index (κ3) is 4.64.